The minimum atomic E-state index is -5.08. The van der Waals surface area contributed by atoms with E-state index < -0.39 is 17.7 Å². The van der Waals surface area contributed by atoms with E-state index in [0.717, 1.165) is 31.5 Å². The van der Waals surface area contributed by atoms with Gasteiger partial charge in [0.2, 0.25) is 0 Å². The molecule has 0 amide bonds. The molecule has 6 nitrogen and oxygen atoms in total. The summed E-state index contributed by atoms with van der Waals surface area (Å²) < 4.78 is 31.7. The van der Waals surface area contributed by atoms with Crippen LogP contribution < -0.4 is 5.32 Å². The molecule has 0 saturated carbocycles. The quantitative estimate of drug-likeness (QED) is 0.705. The topological polar surface area (TPSA) is 95.3 Å². The number of halogens is 3. The predicted octanol–water partition coefficient (Wildman–Crippen LogP) is 0.681. The number of carbonyl (C=O) groups is 1. The largest absolute Gasteiger partial charge is 0.490 e. The molecule has 0 aliphatic carbocycles. The zero-order chi connectivity index (χ0) is 15.2. The molecular formula is C11H14F3N3O3. The number of nitrogens with one attached hydrogen (secondary N) is 1. The number of carboxylic acids is 1. The highest BCUT2D eigenvalue weighted by molar-refractivity contribution is 5.73. The summed E-state index contributed by atoms with van der Waals surface area (Å²) in [5.74, 6) is -2.76. The Morgan fingerprint density at radius 2 is 1.70 bits per heavy atom. The van der Waals surface area contributed by atoms with Crippen LogP contribution in [-0.2, 0) is 10.4 Å². The second-order valence-electron chi connectivity index (χ2n) is 4.21. The second-order valence-corrected chi connectivity index (χ2v) is 4.21. The highest BCUT2D eigenvalue weighted by atomic mass is 19.4. The Hall–Kier alpha value is -1.74. The number of aliphatic hydroxyl groups is 1. The summed E-state index contributed by atoms with van der Waals surface area (Å²) in [7, 11) is 0. The van der Waals surface area contributed by atoms with Crippen LogP contribution in [0.15, 0.2) is 18.7 Å². The smallest absolute Gasteiger partial charge is 0.475 e. The lowest BCUT2D eigenvalue weighted by molar-refractivity contribution is -0.192. The molecule has 1 aliphatic rings. The summed E-state index contributed by atoms with van der Waals surface area (Å²) in [6.45, 7) is 1.71. The molecule has 1 aromatic heterocycles. The Kier molecular flexibility index (Phi) is 5.40. The van der Waals surface area contributed by atoms with Crippen LogP contribution >= 0.6 is 0 Å². The fourth-order valence-electron chi connectivity index (χ4n) is 1.67. The van der Waals surface area contributed by atoms with Crippen LogP contribution in [0, 0.1) is 0 Å². The number of aromatic nitrogens is 2. The van der Waals surface area contributed by atoms with Gasteiger partial charge in [-0.3, -0.25) is 0 Å². The van der Waals surface area contributed by atoms with Gasteiger partial charge in [0, 0.05) is 18.0 Å². The van der Waals surface area contributed by atoms with E-state index in [1.807, 2.05) is 0 Å². The summed E-state index contributed by atoms with van der Waals surface area (Å²) in [4.78, 5) is 16.7. The summed E-state index contributed by atoms with van der Waals surface area (Å²) in [5.41, 5.74) is 0.114. The van der Waals surface area contributed by atoms with Crippen molar-refractivity contribution in [2.45, 2.75) is 24.6 Å². The number of hydrogen-bond donors (Lipinski definition) is 3. The number of nitrogens with zero attached hydrogens (tertiary/aromatic N) is 2. The third-order valence-electron chi connectivity index (χ3n) is 2.77. The normalized spacial score (nSPS) is 17.8. The standard InChI is InChI=1S/C9H13N3O.C2HF3O2/c13-9(1-3-10-4-2-9)8-5-11-7-12-6-8;3-2(4,5)1(6)7/h5-7,10,13H,1-4H2;(H,6,7). The predicted molar refractivity (Wildman–Crippen MR) is 61.7 cm³/mol. The third kappa shape index (κ3) is 4.74. The van der Waals surface area contributed by atoms with Gasteiger partial charge in [0.05, 0.1) is 5.60 Å². The first-order chi connectivity index (χ1) is 9.26. The van der Waals surface area contributed by atoms with Crippen molar-refractivity contribution in [2.24, 2.45) is 0 Å². The van der Waals surface area contributed by atoms with E-state index in [1.54, 1.807) is 12.4 Å². The zero-order valence-corrected chi connectivity index (χ0v) is 10.4. The first-order valence-corrected chi connectivity index (χ1v) is 5.74. The van der Waals surface area contributed by atoms with Gasteiger partial charge in [0.15, 0.2) is 0 Å². The molecule has 2 heterocycles. The fourth-order valence-corrected chi connectivity index (χ4v) is 1.67. The van der Waals surface area contributed by atoms with E-state index in [0.29, 0.717) is 0 Å². The number of alkyl halides is 3. The van der Waals surface area contributed by atoms with Crippen molar-refractivity contribution in [3.63, 3.8) is 0 Å². The van der Waals surface area contributed by atoms with E-state index in [-0.39, 0.29) is 0 Å². The van der Waals surface area contributed by atoms with Crippen LogP contribution in [0.3, 0.4) is 0 Å². The Balaban J connectivity index is 0.000000246. The molecule has 0 unspecified atom stereocenters. The second kappa shape index (κ2) is 6.62. The van der Waals surface area contributed by atoms with Crippen LogP contribution in [0.2, 0.25) is 0 Å². The van der Waals surface area contributed by atoms with Gasteiger partial charge in [0.25, 0.3) is 0 Å². The van der Waals surface area contributed by atoms with Crippen molar-refractivity contribution in [3.05, 3.63) is 24.3 Å². The Bertz CT molecular complexity index is 434. The molecule has 0 spiro atoms. The van der Waals surface area contributed by atoms with Crippen LogP contribution in [-0.4, -0.2) is 45.4 Å². The van der Waals surface area contributed by atoms with Crippen LogP contribution in [0.1, 0.15) is 18.4 Å². The maximum absolute atomic E-state index is 10.6. The summed E-state index contributed by atoms with van der Waals surface area (Å²) >= 11 is 0. The molecule has 1 fully saturated rings. The third-order valence-corrected chi connectivity index (χ3v) is 2.77. The molecule has 20 heavy (non-hydrogen) atoms. The minimum Gasteiger partial charge on any atom is -0.475 e. The maximum Gasteiger partial charge on any atom is 0.490 e. The minimum absolute atomic E-state index is 0.716. The van der Waals surface area contributed by atoms with E-state index in [9.17, 15) is 18.3 Å². The molecule has 1 saturated heterocycles. The first kappa shape index (κ1) is 16.3. The van der Waals surface area contributed by atoms with Crippen LogP contribution in [0.25, 0.3) is 0 Å². The number of rotatable bonds is 1. The van der Waals surface area contributed by atoms with Gasteiger partial charge in [-0.05, 0) is 25.9 Å². The highest BCUT2D eigenvalue weighted by Gasteiger charge is 2.38. The van der Waals surface area contributed by atoms with Crippen molar-refractivity contribution < 1.29 is 28.2 Å². The van der Waals surface area contributed by atoms with E-state index in [1.165, 1.54) is 6.33 Å². The Labute approximate surface area is 112 Å². The number of piperidine rings is 1. The summed E-state index contributed by atoms with van der Waals surface area (Å²) in [6, 6.07) is 0. The van der Waals surface area contributed by atoms with Gasteiger partial charge in [0.1, 0.15) is 6.33 Å². The van der Waals surface area contributed by atoms with Gasteiger partial charge in [-0.15, -0.1) is 0 Å². The van der Waals surface area contributed by atoms with Crippen LogP contribution in [0.5, 0.6) is 0 Å². The first-order valence-electron chi connectivity index (χ1n) is 5.74. The molecular weight excluding hydrogens is 279 g/mol. The molecule has 3 N–H and O–H groups in total. The molecule has 1 aromatic rings. The zero-order valence-electron chi connectivity index (χ0n) is 10.4. The van der Waals surface area contributed by atoms with E-state index >= 15 is 0 Å². The van der Waals surface area contributed by atoms with Crippen molar-refractivity contribution in [2.75, 3.05) is 13.1 Å². The molecule has 0 aromatic carbocycles. The van der Waals surface area contributed by atoms with Crippen molar-refractivity contribution in [1.82, 2.24) is 15.3 Å². The molecule has 112 valence electrons. The molecule has 1 aliphatic heterocycles. The fraction of sp³-hybridized carbons (Fsp3) is 0.545. The van der Waals surface area contributed by atoms with Gasteiger partial charge >= 0.3 is 12.1 Å². The monoisotopic (exact) mass is 293 g/mol. The van der Waals surface area contributed by atoms with E-state index in [4.69, 9.17) is 9.90 Å². The maximum atomic E-state index is 10.6. The SMILES string of the molecule is O=C(O)C(F)(F)F.OC1(c2cncnc2)CCNCC1. The number of aliphatic carboxylic acids is 1. The molecule has 0 radical (unpaired) electrons. The van der Waals surface area contributed by atoms with Crippen molar-refractivity contribution in [3.8, 4) is 0 Å². The Morgan fingerprint density at radius 3 is 2.10 bits per heavy atom. The number of carboxylic acid groups (broad SMARTS) is 1. The van der Waals surface area contributed by atoms with Crippen molar-refractivity contribution in [1.29, 1.82) is 0 Å². The van der Waals surface area contributed by atoms with Gasteiger partial charge in [-0.2, -0.15) is 13.2 Å². The van der Waals surface area contributed by atoms with E-state index in [2.05, 4.69) is 15.3 Å². The van der Waals surface area contributed by atoms with Gasteiger partial charge < -0.3 is 15.5 Å². The highest BCUT2D eigenvalue weighted by Crippen LogP contribution is 2.28. The molecule has 0 bridgehead atoms. The van der Waals surface area contributed by atoms with Crippen LogP contribution in [0.4, 0.5) is 13.2 Å². The van der Waals surface area contributed by atoms with Crippen molar-refractivity contribution >= 4 is 5.97 Å². The van der Waals surface area contributed by atoms with Gasteiger partial charge in [-0.25, -0.2) is 14.8 Å². The summed E-state index contributed by atoms with van der Waals surface area (Å²) in [5, 5.41) is 20.6. The average molecular weight is 293 g/mol. The number of hydrogen-bond acceptors (Lipinski definition) is 5. The Morgan fingerprint density at radius 1 is 1.25 bits per heavy atom. The average Bonchev–Trinajstić information content (AvgIpc) is 2.40. The summed E-state index contributed by atoms with van der Waals surface area (Å²) in [6.07, 6.45) is 1.26. The molecule has 2 rings (SSSR count). The molecule has 0 atom stereocenters. The lowest BCUT2D eigenvalue weighted by atomic mass is 9.87. The van der Waals surface area contributed by atoms with Gasteiger partial charge in [-0.1, -0.05) is 0 Å². The molecule has 9 heteroatoms. The lowest BCUT2D eigenvalue weighted by Gasteiger charge is -2.32. The lowest BCUT2D eigenvalue weighted by Crippen LogP contribution is -2.39.